The van der Waals surface area contributed by atoms with Crippen molar-refractivity contribution < 1.29 is 20.4 Å². The fourth-order valence-corrected chi connectivity index (χ4v) is 2.00. The highest BCUT2D eigenvalue weighted by atomic mass is 16.3. The van der Waals surface area contributed by atoms with Gasteiger partial charge in [0.1, 0.15) is 11.5 Å². The van der Waals surface area contributed by atoms with Gasteiger partial charge in [-0.15, -0.1) is 0 Å². The van der Waals surface area contributed by atoms with E-state index in [-0.39, 0.29) is 18.1 Å². The molecule has 0 spiro atoms. The van der Waals surface area contributed by atoms with Crippen molar-refractivity contribution in [2.75, 3.05) is 6.61 Å². The SMILES string of the molecule is OC[C@H](C=Cc1ccc(O)cc1)[C@H](O)c1ccc(O)cc1. The van der Waals surface area contributed by atoms with Crippen LogP contribution in [-0.4, -0.2) is 27.0 Å². The molecule has 0 amide bonds. The number of aliphatic hydroxyl groups excluding tert-OH is 2. The molecular formula is C17H18O4. The fourth-order valence-electron chi connectivity index (χ4n) is 2.00. The highest BCUT2D eigenvalue weighted by Gasteiger charge is 2.17. The first-order valence-corrected chi connectivity index (χ1v) is 6.65. The van der Waals surface area contributed by atoms with Crippen LogP contribution in [0.4, 0.5) is 0 Å². The lowest BCUT2D eigenvalue weighted by atomic mass is 9.95. The van der Waals surface area contributed by atoms with Crippen molar-refractivity contribution in [3.05, 3.63) is 65.7 Å². The Kier molecular flexibility index (Phi) is 4.98. The van der Waals surface area contributed by atoms with E-state index in [2.05, 4.69) is 0 Å². The summed E-state index contributed by atoms with van der Waals surface area (Å²) in [6.45, 7) is -0.198. The summed E-state index contributed by atoms with van der Waals surface area (Å²) in [5.74, 6) is -0.135. The molecule has 4 heteroatoms. The van der Waals surface area contributed by atoms with Crippen LogP contribution in [0.1, 0.15) is 17.2 Å². The number of hydrogen-bond acceptors (Lipinski definition) is 4. The molecule has 2 aromatic rings. The smallest absolute Gasteiger partial charge is 0.115 e. The molecule has 4 N–H and O–H groups in total. The van der Waals surface area contributed by atoms with Crippen LogP contribution in [0, 0.1) is 5.92 Å². The average molecular weight is 286 g/mol. The van der Waals surface area contributed by atoms with Crippen molar-refractivity contribution in [2.45, 2.75) is 6.10 Å². The van der Waals surface area contributed by atoms with Crippen molar-refractivity contribution in [3.63, 3.8) is 0 Å². The second-order valence-electron chi connectivity index (χ2n) is 4.83. The molecule has 0 saturated carbocycles. The maximum absolute atomic E-state index is 10.3. The molecule has 0 aliphatic carbocycles. The Bertz CT molecular complexity index is 587. The summed E-state index contributed by atoms with van der Waals surface area (Å²) in [4.78, 5) is 0. The van der Waals surface area contributed by atoms with Gasteiger partial charge in [0.15, 0.2) is 0 Å². The average Bonchev–Trinajstić information content (AvgIpc) is 2.50. The van der Waals surface area contributed by atoms with Crippen molar-refractivity contribution in [1.29, 1.82) is 0 Å². The first-order valence-electron chi connectivity index (χ1n) is 6.65. The van der Waals surface area contributed by atoms with Crippen molar-refractivity contribution in [2.24, 2.45) is 5.92 Å². The predicted molar refractivity (Wildman–Crippen MR) is 80.8 cm³/mol. The molecule has 110 valence electrons. The first kappa shape index (κ1) is 15.1. The third kappa shape index (κ3) is 4.08. The lowest BCUT2D eigenvalue weighted by Crippen LogP contribution is -2.14. The standard InChI is InChI=1S/C17H18O4/c18-11-14(4-1-12-2-7-15(19)8-3-12)17(21)13-5-9-16(20)10-6-13/h1-10,14,17-21H,11H2/t14-,17+/m0/s1. The van der Waals surface area contributed by atoms with E-state index in [1.807, 2.05) is 0 Å². The summed E-state index contributed by atoms with van der Waals surface area (Å²) >= 11 is 0. The summed E-state index contributed by atoms with van der Waals surface area (Å²) in [5.41, 5.74) is 1.49. The van der Waals surface area contributed by atoms with Gasteiger partial charge in [-0.05, 0) is 35.4 Å². The van der Waals surface area contributed by atoms with Gasteiger partial charge in [-0.3, -0.25) is 0 Å². The van der Waals surface area contributed by atoms with Gasteiger partial charge in [-0.1, -0.05) is 36.4 Å². The largest absolute Gasteiger partial charge is 0.508 e. The van der Waals surface area contributed by atoms with E-state index < -0.39 is 12.0 Å². The van der Waals surface area contributed by atoms with Crippen LogP contribution < -0.4 is 0 Å². The van der Waals surface area contributed by atoms with E-state index in [9.17, 15) is 20.4 Å². The molecule has 0 bridgehead atoms. The monoisotopic (exact) mass is 286 g/mol. The molecule has 4 nitrogen and oxygen atoms in total. The molecule has 21 heavy (non-hydrogen) atoms. The van der Waals surface area contributed by atoms with Gasteiger partial charge in [0.25, 0.3) is 0 Å². The van der Waals surface area contributed by atoms with Gasteiger partial charge in [0.05, 0.1) is 12.7 Å². The number of benzene rings is 2. The second-order valence-corrected chi connectivity index (χ2v) is 4.83. The third-order valence-electron chi connectivity index (χ3n) is 3.28. The van der Waals surface area contributed by atoms with E-state index in [0.29, 0.717) is 5.56 Å². The van der Waals surface area contributed by atoms with Gasteiger partial charge >= 0.3 is 0 Å². The molecule has 0 aliphatic heterocycles. The Labute approximate surface area is 123 Å². The molecule has 0 aromatic heterocycles. The Balaban J connectivity index is 2.11. The van der Waals surface area contributed by atoms with Crippen LogP contribution >= 0.6 is 0 Å². The fraction of sp³-hybridized carbons (Fsp3) is 0.176. The molecule has 2 atom stereocenters. The quantitative estimate of drug-likeness (QED) is 0.680. The summed E-state index contributed by atoms with van der Waals surface area (Å²) in [6.07, 6.45) is 2.65. The zero-order valence-corrected chi connectivity index (χ0v) is 11.4. The van der Waals surface area contributed by atoms with Crippen LogP contribution in [0.3, 0.4) is 0 Å². The van der Waals surface area contributed by atoms with Gasteiger partial charge in [-0.25, -0.2) is 0 Å². The summed E-state index contributed by atoms with van der Waals surface area (Å²) < 4.78 is 0. The molecule has 2 aromatic carbocycles. The summed E-state index contributed by atoms with van der Waals surface area (Å²) in [7, 11) is 0. The predicted octanol–water partition coefficient (Wildman–Crippen LogP) is 2.45. The Morgan fingerprint density at radius 2 is 1.38 bits per heavy atom. The molecule has 2 rings (SSSR count). The Morgan fingerprint density at radius 3 is 1.90 bits per heavy atom. The number of aliphatic hydroxyl groups is 2. The van der Waals surface area contributed by atoms with Gasteiger partial charge in [0, 0.05) is 5.92 Å². The number of phenols is 2. The van der Waals surface area contributed by atoms with E-state index in [1.54, 1.807) is 48.6 Å². The zero-order chi connectivity index (χ0) is 15.2. The molecule has 0 fully saturated rings. The van der Waals surface area contributed by atoms with E-state index in [0.717, 1.165) is 5.56 Å². The maximum Gasteiger partial charge on any atom is 0.115 e. The molecule has 0 saturated heterocycles. The van der Waals surface area contributed by atoms with Crippen molar-refractivity contribution in [1.82, 2.24) is 0 Å². The van der Waals surface area contributed by atoms with Crippen molar-refractivity contribution in [3.8, 4) is 11.5 Å². The molecular weight excluding hydrogens is 268 g/mol. The van der Waals surface area contributed by atoms with E-state index >= 15 is 0 Å². The second kappa shape index (κ2) is 6.92. The Hall–Kier alpha value is -2.30. The van der Waals surface area contributed by atoms with Crippen molar-refractivity contribution >= 4 is 6.08 Å². The van der Waals surface area contributed by atoms with E-state index in [4.69, 9.17) is 0 Å². The minimum absolute atomic E-state index is 0.131. The van der Waals surface area contributed by atoms with Crippen LogP contribution in [0.25, 0.3) is 6.08 Å². The minimum Gasteiger partial charge on any atom is -0.508 e. The number of rotatable bonds is 5. The van der Waals surface area contributed by atoms with Gasteiger partial charge < -0.3 is 20.4 Å². The van der Waals surface area contributed by atoms with E-state index in [1.165, 1.54) is 12.1 Å². The topological polar surface area (TPSA) is 80.9 Å². The van der Waals surface area contributed by atoms with Crippen LogP contribution in [-0.2, 0) is 0 Å². The zero-order valence-electron chi connectivity index (χ0n) is 11.4. The highest BCUT2D eigenvalue weighted by Crippen LogP contribution is 2.25. The molecule has 0 aliphatic rings. The van der Waals surface area contributed by atoms with Crippen LogP contribution in [0.5, 0.6) is 11.5 Å². The van der Waals surface area contributed by atoms with Crippen LogP contribution in [0.2, 0.25) is 0 Å². The van der Waals surface area contributed by atoms with Gasteiger partial charge in [-0.2, -0.15) is 0 Å². The molecule has 0 unspecified atom stereocenters. The summed E-state index contributed by atoms with van der Waals surface area (Å²) in [6, 6.07) is 12.9. The number of phenolic OH excluding ortho intramolecular Hbond substituents is 2. The first-order chi connectivity index (χ1) is 10.1. The van der Waals surface area contributed by atoms with Crippen LogP contribution in [0.15, 0.2) is 54.6 Å². The lowest BCUT2D eigenvalue weighted by Gasteiger charge is -2.18. The Morgan fingerprint density at radius 1 is 0.857 bits per heavy atom. The third-order valence-corrected chi connectivity index (χ3v) is 3.28. The maximum atomic E-state index is 10.3. The lowest BCUT2D eigenvalue weighted by molar-refractivity contribution is 0.0923. The summed E-state index contributed by atoms with van der Waals surface area (Å²) in [5, 5.41) is 38.2. The number of aromatic hydroxyl groups is 2. The molecule has 0 radical (unpaired) electrons. The normalized spacial score (nSPS) is 14.2. The number of hydrogen-bond donors (Lipinski definition) is 4. The minimum atomic E-state index is -0.857. The van der Waals surface area contributed by atoms with Gasteiger partial charge in [0.2, 0.25) is 0 Å². The molecule has 0 heterocycles. The highest BCUT2D eigenvalue weighted by molar-refractivity contribution is 5.51.